The smallest absolute Gasteiger partial charge is 0.161 e. The molecule has 2 fully saturated rings. The summed E-state index contributed by atoms with van der Waals surface area (Å²) in [6, 6.07) is 5.96. The fourth-order valence-electron chi connectivity index (χ4n) is 3.05. The van der Waals surface area contributed by atoms with Crippen LogP contribution in [0.2, 0.25) is 0 Å². The SMILES string of the molecule is COc1ccc(CN=C2NC3(CCCC3)CS2)cc1OC. The van der Waals surface area contributed by atoms with Gasteiger partial charge in [-0.1, -0.05) is 30.7 Å². The lowest BCUT2D eigenvalue weighted by molar-refractivity contribution is 0.354. The van der Waals surface area contributed by atoms with Crippen LogP contribution in [0.4, 0.5) is 0 Å². The van der Waals surface area contributed by atoms with Gasteiger partial charge in [0.15, 0.2) is 16.7 Å². The number of rotatable bonds is 4. The predicted molar refractivity (Wildman–Crippen MR) is 87.5 cm³/mol. The van der Waals surface area contributed by atoms with E-state index in [2.05, 4.69) is 5.32 Å². The van der Waals surface area contributed by atoms with Crippen molar-refractivity contribution in [3.05, 3.63) is 23.8 Å². The van der Waals surface area contributed by atoms with Crippen molar-refractivity contribution in [3.63, 3.8) is 0 Å². The maximum atomic E-state index is 5.33. The topological polar surface area (TPSA) is 42.8 Å². The Hall–Kier alpha value is -1.36. The summed E-state index contributed by atoms with van der Waals surface area (Å²) in [6.07, 6.45) is 5.26. The summed E-state index contributed by atoms with van der Waals surface area (Å²) < 4.78 is 10.6. The first kappa shape index (κ1) is 14.6. The van der Waals surface area contributed by atoms with Gasteiger partial charge in [-0.05, 0) is 30.5 Å². The lowest BCUT2D eigenvalue weighted by atomic mass is 10.0. The van der Waals surface area contributed by atoms with Crippen LogP contribution < -0.4 is 14.8 Å². The van der Waals surface area contributed by atoms with E-state index >= 15 is 0 Å². The standard InChI is InChI=1S/C16H22N2O2S/c1-19-13-6-5-12(9-14(13)20-2)10-17-15-18-16(11-21-15)7-3-4-8-16/h5-6,9H,3-4,7-8,10-11H2,1-2H3,(H,17,18). The van der Waals surface area contributed by atoms with Crippen LogP contribution in [-0.2, 0) is 6.54 Å². The lowest BCUT2D eigenvalue weighted by Gasteiger charge is -2.21. The molecule has 2 aliphatic rings. The molecule has 0 radical (unpaired) electrons. The van der Waals surface area contributed by atoms with Gasteiger partial charge in [0, 0.05) is 11.3 Å². The molecule has 1 aromatic carbocycles. The van der Waals surface area contributed by atoms with E-state index in [1.807, 2.05) is 30.0 Å². The highest BCUT2D eigenvalue weighted by molar-refractivity contribution is 8.14. The van der Waals surface area contributed by atoms with Gasteiger partial charge in [0.1, 0.15) is 0 Å². The molecule has 0 bridgehead atoms. The molecule has 21 heavy (non-hydrogen) atoms. The summed E-state index contributed by atoms with van der Waals surface area (Å²) in [5.41, 5.74) is 1.47. The van der Waals surface area contributed by atoms with Crippen molar-refractivity contribution in [2.45, 2.75) is 37.8 Å². The Morgan fingerprint density at radius 3 is 2.67 bits per heavy atom. The second kappa shape index (κ2) is 6.18. The van der Waals surface area contributed by atoms with Gasteiger partial charge < -0.3 is 14.8 Å². The molecule has 1 N–H and O–H groups in total. The third-order valence-corrected chi connectivity index (χ3v) is 5.47. The van der Waals surface area contributed by atoms with Crippen LogP contribution in [0.15, 0.2) is 23.2 Å². The van der Waals surface area contributed by atoms with E-state index in [-0.39, 0.29) is 0 Å². The summed E-state index contributed by atoms with van der Waals surface area (Å²) in [7, 11) is 3.31. The van der Waals surface area contributed by atoms with Crippen molar-refractivity contribution < 1.29 is 9.47 Å². The summed E-state index contributed by atoms with van der Waals surface area (Å²) in [5, 5.41) is 4.73. The minimum absolute atomic E-state index is 0.334. The van der Waals surface area contributed by atoms with Crippen molar-refractivity contribution in [3.8, 4) is 11.5 Å². The van der Waals surface area contributed by atoms with Crippen molar-refractivity contribution >= 4 is 16.9 Å². The maximum Gasteiger partial charge on any atom is 0.161 e. The molecule has 0 unspecified atom stereocenters. The third kappa shape index (κ3) is 3.12. The summed E-state index contributed by atoms with van der Waals surface area (Å²) in [6.45, 7) is 0.672. The van der Waals surface area contributed by atoms with Crippen molar-refractivity contribution in [2.24, 2.45) is 4.99 Å². The van der Waals surface area contributed by atoms with Gasteiger partial charge in [-0.3, -0.25) is 4.99 Å². The van der Waals surface area contributed by atoms with Gasteiger partial charge in [-0.15, -0.1) is 0 Å². The highest BCUT2D eigenvalue weighted by Gasteiger charge is 2.39. The second-order valence-corrected chi connectivity index (χ2v) is 6.68. The monoisotopic (exact) mass is 306 g/mol. The normalized spacial score (nSPS) is 21.7. The molecule has 5 heteroatoms. The number of hydrogen-bond donors (Lipinski definition) is 1. The van der Waals surface area contributed by atoms with Crippen molar-refractivity contribution in [1.82, 2.24) is 5.32 Å². The average molecular weight is 306 g/mol. The van der Waals surface area contributed by atoms with E-state index in [9.17, 15) is 0 Å². The Labute approximate surface area is 130 Å². The molecule has 1 spiro atoms. The number of methoxy groups -OCH3 is 2. The maximum absolute atomic E-state index is 5.33. The molecule has 1 aromatic rings. The highest BCUT2D eigenvalue weighted by atomic mass is 32.2. The Morgan fingerprint density at radius 1 is 1.19 bits per heavy atom. The first-order valence-corrected chi connectivity index (χ1v) is 8.40. The van der Waals surface area contributed by atoms with E-state index in [1.54, 1.807) is 14.2 Å². The van der Waals surface area contributed by atoms with Gasteiger partial charge in [-0.2, -0.15) is 0 Å². The molecular formula is C16H22N2O2S. The largest absolute Gasteiger partial charge is 0.493 e. The second-order valence-electron chi connectivity index (χ2n) is 5.71. The molecule has 1 saturated heterocycles. The zero-order chi connectivity index (χ0) is 14.7. The zero-order valence-electron chi connectivity index (χ0n) is 12.6. The number of nitrogens with zero attached hydrogens (tertiary/aromatic N) is 1. The highest BCUT2D eigenvalue weighted by Crippen LogP contribution is 2.37. The van der Waals surface area contributed by atoms with E-state index in [4.69, 9.17) is 14.5 Å². The van der Waals surface area contributed by atoms with Crippen LogP contribution in [0.25, 0.3) is 0 Å². The van der Waals surface area contributed by atoms with Gasteiger partial charge in [0.25, 0.3) is 0 Å². The van der Waals surface area contributed by atoms with Crippen LogP contribution in [0.5, 0.6) is 11.5 Å². The number of thioether (sulfide) groups is 1. The van der Waals surface area contributed by atoms with Crippen LogP contribution in [0, 0.1) is 0 Å². The molecule has 0 atom stereocenters. The quantitative estimate of drug-likeness (QED) is 0.927. The van der Waals surface area contributed by atoms with Crippen LogP contribution >= 0.6 is 11.8 Å². The minimum Gasteiger partial charge on any atom is -0.493 e. The van der Waals surface area contributed by atoms with E-state index in [0.717, 1.165) is 28.0 Å². The van der Waals surface area contributed by atoms with Gasteiger partial charge >= 0.3 is 0 Å². The van der Waals surface area contributed by atoms with Gasteiger partial charge in [0.05, 0.1) is 20.8 Å². The summed E-state index contributed by atoms with van der Waals surface area (Å²) in [5.74, 6) is 2.68. The molecule has 1 aliphatic heterocycles. The molecule has 1 aliphatic carbocycles. The van der Waals surface area contributed by atoms with E-state index < -0.39 is 0 Å². The molecule has 3 rings (SSSR count). The third-order valence-electron chi connectivity index (χ3n) is 4.27. The molecule has 1 heterocycles. The van der Waals surface area contributed by atoms with E-state index in [0.29, 0.717) is 12.1 Å². The Morgan fingerprint density at radius 2 is 1.95 bits per heavy atom. The Kier molecular flexibility index (Phi) is 4.29. The van der Waals surface area contributed by atoms with Crippen molar-refractivity contribution in [1.29, 1.82) is 0 Å². The zero-order valence-corrected chi connectivity index (χ0v) is 13.5. The first-order chi connectivity index (χ1) is 10.2. The fourth-order valence-corrected chi connectivity index (χ4v) is 4.27. The molecule has 1 saturated carbocycles. The van der Waals surface area contributed by atoms with Crippen LogP contribution in [0.1, 0.15) is 31.2 Å². The van der Waals surface area contributed by atoms with Crippen LogP contribution in [0.3, 0.4) is 0 Å². The number of nitrogens with one attached hydrogen (secondary N) is 1. The minimum atomic E-state index is 0.334. The number of hydrogen-bond acceptors (Lipinski definition) is 4. The number of amidine groups is 1. The molecule has 114 valence electrons. The molecule has 4 nitrogen and oxygen atoms in total. The number of benzene rings is 1. The summed E-state index contributed by atoms with van der Waals surface area (Å²) >= 11 is 1.86. The van der Waals surface area contributed by atoms with E-state index in [1.165, 1.54) is 25.7 Å². The Balaban J connectivity index is 1.66. The first-order valence-electron chi connectivity index (χ1n) is 7.41. The van der Waals surface area contributed by atoms with Crippen LogP contribution in [-0.4, -0.2) is 30.7 Å². The molecule has 0 aromatic heterocycles. The van der Waals surface area contributed by atoms with Crippen molar-refractivity contribution in [2.75, 3.05) is 20.0 Å². The fraction of sp³-hybridized carbons (Fsp3) is 0.562. The Bertz CT molecular complexity index is 539. The predicted octanol–water partition coefficient (Wildman–Crippen LogP) is 3.21. The summed E-state index contributed by atoms with van der Waals surface area (Å²) in [4.78, 5) is 4.72. The lowest BCUT2D eigenvalue weighted by Crippen LogP contribution is -2.40. The number of ether oxygens (including phenoxy) is 2. The van der Waals surface area contributed by atoms with Gasteiger partial charge in [0.2, 0.25) is 0 Å². The average Bonchev–Trinajstić information content (AvgIpc) is 3.15. The number of aliphatic imine (C=N–C) groups is 1. The van der Waals surface area contributed by atoms with Gasteiger partial charge in [-0.25, -0.2) is 0 Å². The molecule has 0 amide bonds. The molecular weight excluding hydrogens is 284 g/mol.